The minimum atomic E-state index is -1.37. The van der Waals surface area contributed by atoms with E-state index in [2.05, 4.69) is 4.90 Å². The minimum absolute atomic E-state index is 0.112. The molecule has 4 rings (SSSR count). The number of anilines is 2. The van der Waals surface area contributed by atoms with Gasteiger partial charge in [0.2, 0.25) is 5.43 Å². The number of ether oxygens (including phenoxy) is 1. The Kier molecular flexibility index (Phi) is 4.48. The van der Waals surface area contributed by atoms with E-state index >= 15 is 0 Å². The average molecular weight is 383 g/mol. The molecule has 2 heterocycles. The second-order valence-corrected chi connectivity index (χ2v) is 6.56. The van der Waals surface area contributed by atoms with Gasteiger partial charge in [-0.1, -0.05) is 0 Å². The highest BCUT2D eigenvalue weighted by atomic mass is 19.1. The van der Waals surface area contributed by atoms with Gasteiger partial charge in [0.25, 0.3) is 0 Å². The molecule has 8 heteroatoms. The number of carboxylic acids is 1. The van der Waals surface area contributed by atoms with Crippen LogP contribution in [-0.2, 0) is 4.74 Å². The number of aromatic carboxylic acids is 1. The maximum atomic E-state index is 14.6. The number of carboxylic acid groups (broad SMARTS) is 1. The number of hydrogen-bond donors (Lipinski definition) is 2. The van der Waals surface area contributed by atoms with E-state index < -0.39 is 22.8 Å². The Morgan fingerprint density at radius 2 is 1.89 bits per heavy atom. The molecule has 0 aliphatic carbocycles. The third-order valence-electron chi connectivity index (χ3n) is 4.83. The molecule has 0 bridgehead atoms. The van der Waals surface area contributed by atoms with Gasteiger partial charge in [-0.2, -0.15) is 0 Å². The number of halogens is 1. The van der Waals surface area contributed by atoms with E-state index in [1.54, 1.807) is 18.2 Å². The quantitative estimate of drug-likeness (QED) is 0.674. The smallest absolute Gasteiger partial charge is 0.341 e. The number of nitrogen functional groups attached to an aromatic ring is 1. The molecule has 0 amide bonds. The van der Waals surface area contributed by atoms with Gasteiger partial charge in [0.15, 0.2) is 0 Å². The van der Waals surface area contributed by atoms with Gasteiger partial charge in [0, 0.05) is 36.0 Å². The van der Waals surface area contributed by atoms with Gasteiger partial charge in [0.1, 0.15) is 11.4 Å². The van der Waals surface area contributed by atoms with Gasteiger partial charge in [-0.05, 0) is 36.4 Å². The Morgan fingerprint density at radius 3 is 2.57 bits per heavy atom. The Morgan fingerprint density at radius 1 is 1.14 bits per heavy atom. The van der Waals surface area contributed by atoms with Crippen LogP contribution in [0.5, 0.6) is 0 Å². The number of nitrogens with two attached hydrogens (primary N) is 1. The highest BCUT2D eigenvalue weighted by Gasteiger charge is 2.19. The van der Waals surface area contributed by atoms with Gasteiger partial charge in [0.05, 0.1) is 24.4 Å². The summed E-state index contributed by atoms with van der Waals surface area (Å²) in [5, 5.41) is 9.62. The van der Waals surface area contributed by atoms with Crippen LogP contribution >= 0.6 is 0 Å². The number of rotatable bonds is 3. The summed E-state index contributed by atoms with van der Waals surface area (Å²) in [7, 11) is 0. The van der Waals surface area contributed by atoms with E-state index in [-0.39, 0.29) is 16.8 Å². The lowest BCUT2D eigenvalue weighted by Gasteiger charge is -2.29. The summed E-state index contributed by atoms with van der Waals surface area (Å²) in [5.41, 5.74) is 6.22. The van der Waals surface area contributed by atoms with Crippen molar-refractivity contribution >= 4 is 28.2 Å². The van der Waals surface area contributed by atoms with Crippen LogP contribution in [0.4, 0.5) is 15.8 Å². The van der Waals surface area contributed by atoms with Crippen molar-refractivity contribution in [3.8, 4) is 5.69 Å². The van der Waals surface area contributed by atoms with Crippen molar-refractivity contribution in [3.05, 3.63) is 64.2 Å². The topological polar surface area (TPSA) is 97.8 Å². The predicted molar refractivity (Wildman–Crippen MR) is 104 cm³/mol. The Hall–Kier alpha value is -3.39. The van der Waals surface area contributed by atoms with Crippen molar-refractivity contribution < 1.29 is 19.0 Å². The van der Waals surface area contributed by atoms with Crippen molar-refractivity contribution in [1.82, 2.24) is 4.57 Å². The molecule has 0 saturated carbocycles. The molecule has 3 aromatic rings. The normalized spacial score (nSPS) is 14.4. The number of benzene rings is 2. The van der Waals surface area contributed by atoms with Crippen LogP contribution in [-0.4, -0.2) is 41.9 Å². The molecule has 1 aliphatic rings. The van der Waals surface area contributed by atoms with Crippen LogP contribution in [0.2, 0.25) is 0 Å². The number of nitrogens with zero attached hydrogens (tertiary/aromatic N) is 2. The Balaban J connectivity index is 2.00. The molecule has 1 fully saturated rings. The maximum Gasteiger partial charge on any atom is 0.341 e. The number of pyridine rings is 1. The lowest BCUT2D eigenvalue weighted by molar-refractivity contribution is 0.0695. The molecule has 2 aromatic carbocycles. The summed E-state index contributed by atoms with van der Waals surface area (Å²) in [5.74, 6) is -1.98. The fourth-order valence-corrected chi connectivity index (χ4v) is 3.40. The van der Waals surface area contributed by atoms with Gasteiger partial charge in [-0.15, -0.1) is 0 Å². The van der Waals surface area contributed by atoms with Crippen LogP contribution in [0.1, 0.15) is 10.4 Å². The van der Waals surface area contributed by atoms with Crippen LogP contribution in [0.3, 0.4) is 0 Å². The van der Waals surface area contributed by atoms with E-state index in [1.165, 1.54) is 16.7 Å². The highest BCUT2D eigenvalue weighted by Crippen LogP contribution is 2.26. The molecule has 0 spiro atoms. The van der Waals surface area contributed by atoms with Crippen molar-refractivity contribution in [3.63, 3.8) is 0 Å². The fourth-order valence-electron chi connectivity index (χ4n) is 3.40. The summed E-state index contributed by atoms with van der Waals surface area (Å²) in [4.78, 5) is 26.3. The summed E-state index contributed by atoms with van der Waals surface area (Å²) in [6.45, 7) is 2.57. The third kappa shape index (κ3) is 3.07. The van der Waals surface area contributed by atoms with E-state index in [0.717, 1.165) is 18.0 Å². The van der Waals surface area contributed by atoms with Crippen molar-refractivity contribution in [2.75, 3.05) is 36.9 Å². The molecule has 144 valence electrons. The first-order chi connectivity index (χ1) is 13.5. The number of fused-ring (bicyclic) bond motifs is 1. The van der Waals surface area contributed by atoms with Crippen molar-refractivity contribution in [1.29, 1.82) is 0 Å². The summed E-state index contributed by atoms with van der Waals surface area (Å²) in [6.07, 6.45) is 1.16. The first-order valence-corrected chi connectivity index (χ1v) is 8.76. The number of hydrogen-bond acceptors (Lipinski definition) is 5. The van der Waals surface area contributed by atoms with Crippen LogP contribution in [0.25, 0.3) is 16.6 Å². The second kappa shape index (κ2) is 6.97. The lowest BCUT2D eigenvalue weighted by Crippen LogP contribution is -2.36. The standard InChI is InChI=1S/C20H18FN3O4/c21-16-9-12(22)1-4-17(16)24-11-15(20(26)27)19(25)14-3-2-13(10-18(14)24)23-5-7-28-8-6-23/h1-4,9-11H,5-8,22H2,(H,26,27). The molecule has 28 heavy (non-hydrogen) atoms. The number of morpholine rings is 1. The summed E-state index contributed by atoms with van der Waals surface area (Å²) < 4.78 is 21.4. The van der Waals surface area contributed by atoms with E-state index in [9.17, 15) is 19.1 Å². The molecular formula is C20H18FN3O4. The lowest BCUT2D eigenvalue weighted by atomic mass is 10.1. The Bertz CT molecular complexity index is 1140. The van der Waals surface area contributed by atoms with Gasteiger partial charge >= 0.3 is 5.97 Å². The largest absolute Gasteiger partial charge is 0.477 e. The maximum absolute atomic E-state index is 14.6. The van der Waals surface area contributed by atoms with Gasteiger partial charge in [-0.3, -0.25) is 4.79 Å². The molecule has 0 unspecified atom stereocenters. The van der Waals surface area contributed by atoms with Crippen LogP contribution in [0, 0.1) is 5.82 Å². The number of aromatic nitrogens is 1. The molecule has 7 nitrogen and oxygen atoms in total. The summed E-state index contributed by atoms with van der Waals surface area (Å²) >= 11 is 0. The van der Waals surface area contributed by atoms with Crippen LogP contribution in [0.15, 0.2) is 47.4 Å². The minimum Gasteiger partial charge on any atom is -0.477 e. The molecule has 1 saturated heterocycles. The Labute approximate surface area is 159 Å². The van der Waals surface area contributed by atoms with Crippen molar-refractivity contribution in [2.24, 2.45) is 0 Å². The molecular weight excluding hydrogens is 365 g/mol. The zero-order chi connectivity index (χ0) is 19.8. The SMILES string of the molecule is Nc1ccc(-n2cc(C(=O)O)c(=O)c3ccc(N4CCOCC4)cc32)c(F)c1. The predicted octanol–water partition coefficient (Wildman–Crippen LogP) is 2.25. The molecule has 0 radical (unpaired) electrons. The zero-order valence-electron chi connectivity index (χ0n) is 14.9. The van der Waals surface area contributed by atoms with E-state index in [0.29, 0.717) is 31.8 Å². The molecule has 0 atom stereocenters. The zero-order valence-corrected chi connectivity index (χ0v) is 14.9. The van der Waals surface area contributed by atoms with Gasteiger partial charge < -0.3 is 25.0 Å². The number of carbonyl (C=O) groups is 1. The second-order valence-electron chi connectivity index (χ2n) is 6.56. The van der Waals surface area contributed by atoms with Crippen LogP contribution < -0.4 is 16.1 Å². The molecule has 1 aliphatic heterocycles. The third-order valence-corrected chi connectivity index (χ3v) is 4.83. The van der Waals surface area contributed by atoms with Gasteiger partial charge in [-0.25, -0.2) is 9.18 Å². The first-order valence-electron chi connectivity index (χ1n) is 8.76. The van der Waals surface area contributed by atoms with Crippen molar-refractivity contribution in [2.45, 2.75) is 0 Å². The van der Waals surface area contributed by atoms with E-state index in [4.69, 9.17) is 10.5 Å². The average Bonchev–Trinajstić information content (AvgIpc) is 2.69. The molecule has 1 aromatic heterocycles. The van der Waals surface area contributed by atoms with E-state index in [1.807, 2.05) is 0 Å². The summed E-state index contributed by atoms with van der Waals surface area (Å²) in [6, 6.07) is 9.26. The first kappa shape index (κ1) is 18.0. The fraction of sp³-hybridized carbons (Fsp3) is 0.200. The highest BCUT2D eigenvalue weighted by molar-refractivity contribution is 5.94. The monoisotopic (exact) mass is 383 g/mol. The molecule has 3 N–H and O–H groups in total.